The van der Waals surface area contributed by atoms with Gasteiger partial charge in [-0.2, -0.15) is 5.10 Å². The largest absolute Gasteiger partial charge is 0.350 e. The molecule has 1 aromatic carbocycles. The van der Waals surface area contributed by atoms with E-state index in [0.717, 1.165) is 5.56 Å². The molecular formula is C8H8ClN3O. The van der Waals surface area contributed by atoms with E-state index in [9.17, 15) is 4.79 Å². The first-order valence-corrected chi connectivity index (χ1v) is 3.90. The van der Waals surface area contributed by atoms with Crippen LogP contribution in [-0.2, 0) is 0 Å². The van der Waals surface area contributed by atoms with Gasteiger partial charge in [0.15, 0.2) is 0 Å². The first kappa shape index (κ1) is 9.54. The summed E-state index contributed by atoms with van der Waals surface area (Å²) < 4.78 is 0. The standard InChI is InChI=1S/C8H8ClN3O/c9-7-3-1-2-6(4-7)5-11-12-8(10)13/h1-5H,(H3,10,12,13)/b11-5+. The smallest absolute Gasteiger partial charge is 0.332 e. The van der Waals surface area contributed by atoms with Gasteiger partial charge in [0.2, 0.25) is 0 Å². The summed E-state index contributed by atoms with van der Waals surface area (Å²) in [6, 6.07) is 6.36. The van der Waals surface area contributed by atoms with Crippen molar-refractivity contribution in [3.8, 4) is 0 Å². The van der Waals surface area contributed by atoms with E-state index in [2.05, 4.69) is 10.5 Å². The number of nitrogens with zero attached hydrogens (tertiary/aromatic N) is 1. The van der Waals surface area contributed by atoms with Crippen molar-refractivity contribution in [2.24, 2.45) is 10.8 Å². The molecule has 0 unspecified atom stereocenters. The molecule has 0 aliphatic heterocycles. The summed E-state index contributed by atoms with van der Waals surface area (Å²) in [5, 5.41) is 4.19. The van der Waals surface area contributed by atoms with Gasteiger partial charge in [-0.3, -0.25) is 0 Å². The minimum absolute atomic E-state index is 0.614. The van der Waals surface area contributed by atoms with E-state index in [1.54, 1.807) is 24.3 Å². The van der Waals surface area contributed by atoms with Crippen molar-refractivity contribution in [2.75, 3.05) is 0 Å². The number of benzene rings is 1. The van der Waals surface area contributed by atoms with Gasteiger partial charge >= 0.3 is 6.03 Å². The number of hydrazone groups is 1. The minimum atomic E-state index is -0.696. The number of rotatable bonds is 2. The quantitative estimate of drug-likeness (QED) is 0.545. The van der Waals surface area contributed by atoms with Crippen LogP contribution >= 0.6 is 11.6 Å². The van der Waals surface area contributed by atoms with Crippen LogP contribution in [0.2, 0.25) is 5.02 Å². The lowest BCUT2D eigenvalue weighted by Crippen LogP contribution is -2.24. The Morgan fingerprint density at radius 3 is 3.00 bits per heavy atom. The van der Waals surface area contributed by atoms with Crippen molar-refractivity contribution in [1.29, 1.82) is 0 Å². The highest BCUT2D eigenvalue weighted by molar-refractivity contribution is 6.30. The fourth-order valence-electron chi connectivity index (χ4n) is 0.757. The Morgan fingerprint density at radius 2 is 2.38 bits per heavy atom. The number of halogens is 1. The molecule has 0 spiro atoms. The van der Waals surface area contributed by atoms with E-state index in [-0.39, 0.29) is 0 Å². The minimum Gasteiger partial charge on any atom is -0.350 e. The van der Waals surface area contributed by atoms with Crippen LogP contribution < -0.4 is 11.2 Å². The average molecular weight is 198 g/mol. The summed E-state index contributed by atoms with van der Waals surface area (Å²) in [5.74, 6) is 0. The molecule has 0 heterocycles. The topological polar surface area (TPSA) is 67.5 Å². The zero-order chi connectivity index (χ0) is 9.68. The number of primary amides is 1. The molecule has 0 aromatic heterocycles. The van der Waals surface area contributed by atoms with Crippen molar-refractivity contribution in [3.05, 3.63) is 34.9 Å². The van der Waals surface area contributed by atoms with E-state index in [1.165, 1.54) is 6.21 Å². The van der Waals surface area contributed by atoms with Crippen LogP contribution in [0.3, 0.4) is 0 Å². The summed E-state index contributed by atoms with van der Waals surface area (Å²) in [5.41, 5.74) is 7.67. The van der Waals surface area contributed by atoms with Crippen LogP contribution in [0.1, 0.15) is 5.56 Å². The highest BCUT2D eigenvalue weighted by Crippen LogP contribution is 2.08. The summed E-state index contributed by atoms with van der Waals surface area (Å²) in [6.07, 6.45) is 1.46. The summed E-state index contributed by atoms with van der Waals surface area (Å²) in [7, 11) is 0. The fraction of sp³-hybridized carbons (Fsp3) is 0. The van der Waals surface area contributed by atoms with Gasteiger partial charge in [-0.1, -0.05) is 23.7 Å². The monoisotopic (exact) mass is 197 g/mol. The molecule has 0 aliphatic rings. The third-order valence-corrected chi connectivity index (χ3v) is 1.47. The molecule has 0 atom stereocenters. The lowest BCUT2D eigenvalue weighted by Gasteiger charge is -1.93. The van der Waals surface area contributed by atoms with Crippen molar-refractivity contribution in [3.63, 3.8) is 0 Å². The molecule has 0 fully saturated rings. The maximum Gasteiger partial charge on any atom is 0.332 e. The Labute approximate surface area is 80.4 Å². The van der Waals surface area contributed by atoms with Crippen LogP contribution in [0, 0.1) is 0 Å². The molecule has 3 N–H and O–H groups in total. The Balaban J connectivity index is 2.63. The van der Waals surface area contributed by atoms with Gasteiger partial charge in [0.1, 0.15) is 0 Å². The first-order valence-electron chi connectivity index (χ1n) is 3.52. The molecule has 0 saturated carbocycles. The SMILES string of the molecule is NC(=O)N/N=C/c1cccc(Cl)c1. The van der Waals surface area contributed by atoms with Crippen LogP contribution in [0.4, 0.5) is 4.79 Å². The van der Waals surface area contributed by atoms with Gasteiger partial charge in [-0.25, -0.2) is 10.2 Å². The van der Waals surface area contributed by atoms with Crippen LogP contribution in [0.25, 0.3) is 0 Å². The number of hydrogen-bond donors (Lipinski definition) is 2. The van der Waals surface area contributed by atoms with Gasteiger partial charge < -0.3 is 5.73 Å². The predicted molar refractivity (Wildman–Crippen MR) is 51.8 cm³/mol. The molecule has 0 aliphatic carbocycles. The number of urea groups is 1. The predicted octanol–water partition coefficient (Wildman–Crippen LogP) is 1.34. The van der Waals surface area contributed by atoms with Crippen molar-refractivity contribution < 1.29 is 4.79 Å². The molecule has 4 nitrogen and oxygen atoms in total. The number of amides is 2. The summed E-state index contributed by atoms with van der Waals surface area (Å²) >= 11 is 5.71. The first-order chi connectivity index (χ1) is 6.18. The van der Waals surface area contributed by atoms with Crippen LogP contribution in [-0.4, -0.2) is 12.2 Å². The van der Waals surface area contributed by atoms with Crippen LogP contribution in [0.15, 0.2) is 29.4 Å². The third-order valence-electron chi connectivity index (χ3n) is 1.24. The zero-order valence-electron chi connectivity index (χ0n) is 6.70. The average Bonchev–Trinajstić information content (AvgIpc) is 2.03. The van der Waals surface area contributed by atoms with Gasteiger partial charge in [0.25, 0.3) is 0 Å². The summed E-state index contributed by atoms with van der Waals surface area (Å²) in [4.78, 5) is 10.2. The van der Waals surface area contributed by atoms with E-state index in [1.807, 2.05) is 0 Å². The molecule has 0 bridgehead atoms. The highest BCUT2D eigenvalue weighted by atomic mass is 35.5. The zero-order valence-corrected chi connectivity index (χ0v) is 7.45. The molecule has 1 rings (SSSR count). The van der Waals surface area contributed by atoms with E-state index < -0.39 is 6.03 Å². The van der Waals surface area contributed by atoms with E-state index >= 15 is 0 Å². The Hall–Kier alpha value is -1.55. The number of nitrogens with one attached hydrogen (secondary N) is 1. The molecule has 2 amide bonds. The van der Waals surface area contributed by atoms with E-state index in [4.69, 9.17) is 17.3 Å². The molecule has 0 saturated heterocycles. The number of carbonyl (C=O) groups excluding carboxylic acids is 1. The van der Waals surface area contributed by atoms with Crippen LogP contribution in [0.5, 0.6) is 0 Å². The van der Waals surface area contributed by atoms with Crippen molar-refractivity contribution in [2.45, 2.75) is 0 Å². The Morgan fingerprint density at radius 1 is 1.62 bits per heavy atom. The normalized spacial score (nSPS) is 10.2. The molecule has 5 heteroatoms. The second-order valence-corrected chi connectivity index (χ2v) is 2.73. The number of carbonyl (C=O) groups is 1. The van der Waals surface area contributed by atoms with Crippen molar-refractivity contribution in [1.82, 2.24) is 5.43 Å². The molecule has 0 radical (unpaired) electrons. The highest BCUT2D eigenvalue weighted by Gasteiger charge is 1.89. The summed E-state index contributed by atoms with van der Waals surface area (Å²) in [6.45, 7) is 0. The molecule has 1 aromatic rings. The third kappa shape index (κ3) is 3.57. The Kier molecular flexibility index (Phi) is 3.28. The number of nitrogens with two attached hydrogens (primary N) is 1. The number of hydrogen-bond acceptors (Lipinski definition) is 2. The fourth-order valence-corrected chi connectivity index (χ4v) is 0.956. The van der Waals surface area contributed by atoms with Gasteiger partial charge in [-0.15, -0.1) is 0 Å². The van der Waals surface area contributed by atoms with Gasteiger partial charge in [-0.05, 0) is 17.7 Å². The maximum atomic E-state index is 10.2. The molecular weight excluding hydrogens is 190 g/mol. The molecule has 13 heavy (non-hydrogen) atoms. The Bertz CT molecular complexity index is 338. The lowest BCUT2D eigenvalue weighted by molar-refractivity contribution is 0.249. The maximum absolute atomic E-state index is 10.2. The van der Waals surface area contributed by atoms with Crippen molar-refractivity contribution >= 4 is 23.8 Å². The molecule has 68 valence electrons. The second-order valence-electron chi connectivity index (χ2n) is 2.29. The lowest BCUT2D eigenvalue weighted by atomic mass is 10.2. The van der Waals surface area contributed by atoms with E-state index in [0.29, 0.717) is 5.02 Å². The van der Waals surface area contributed by atoms with Gasteiger partial charge in [0.05, 0.1) is 6.21 Å². The van der Waals surface area contributed by atoms with Gasteiger partial charge in [0, 0.05) is 5.02 Å². The second kappa shape index (κ2) is 4.47.